The zero-order chi connectivity index (χ0) is 17.0. The molecule has 2 rings (SSSR count). The van der Waals surface area contributed by atoms with Gasteiger partial charge in [-0.2, -0.15) is 13.2 Å². The zero-order valence-electron chi connectivity index (χ0n) is 13.5. The lowest BCUT2D eigenvalue weighted by Gasteiger charge is -2.32. The van der Waals surface area contributed by atoms with E-state index in [1.54, 1.807) is 0 Å². The number of carbonyl (C=O) groups is 1. The summed E-state index contributed by atoms with van der Waals surface area (Å²) in [6, 6.07) is 4.39. The predicted molar refractivity (Wildman–Crippen MR) is 84.1 cm³/mol. The van der Waals surface area contributed by atoms with Crippen LogP contribution in [0.4, 0.5) is 18.9 Å². The highest BCUT2D eigenvalue weighted by molar-refractivity contribution is 5.85. The van der Waals surface area contributed by atoms with Crippen LogP contribution in [0.3, 0.4) is 0 Å². The predicted octanol–water partition coefficient (Wildman–Crippen LogP) is 4.15. The van der Waals surface area contributed by atoms with E-state index in [1.807, 2.05) is 18.7 Å². The van der Waals surface area contributed by atoms with Crippen LogP contribution in [0.25, 0.3) is 0 Å². The van der Waals surface area contributed by atoms with Gasteiger partial charge in [0.1, 0.15) is 6.04 Å². The number of hydrogen-bond donors (Lipinski definition) is 1. The van der Waals surface area contributed by atoms with Gasteiger partial charge in [0.25, 0.3) is 0 Å². The maximum Gasteiger partial charge on any atom is 0.416 e. The second-order valence-electron chi connectivity index (χ2n) is 6.33. The summed E-state index contributed by atoms with van der Waals surface area (Å²) in [5, 5.41) is 3.10. The molecule has 1 fully saturated rings. The molecule has 1 amide bonds. The average Bonchev–Trinajstić information content (AvgIpc) is 2.52. The number of anilines is 1. The number of piperidine rings is 1. The quantitative estimate of drug-likeness (QED) is 0.900. The van der Waals surface area contributed by atoms with E-state index in [4.69, 9.17) is 0 Å². The van der Waals surface area contributed by atoms with Gasteiger partial charge in [0.15, 0.2) is 0 Å². The second kappa shape index (κ2) is 7.23. The van der Waals surface area contributed by atoms with Crippen LogP contribution in [0.15, 0.2) is 24.3 Å². The van der Waals surface area contributed by atoms with E-state index in [0.717, 1.165) is 44.5 Å². The fourth-order valence-corrected chi connectivity index (χ4v) is 2.76. The Labute approximate surface area is 134 Å². The van der Waals surface area contributed by atoms with Gasteiger partial charge in [0.2, 0.25) is 5.91 Å². The molecule has 1 heterocycles. The first kappa shape index (κ1) is 17.6. The number of carbonyl (C=O) groups excluding carboxylic acids is 1. The molecule has 0 spiro atoms. The van der Waals surface area contributed by atoms with E-state index in [-0.39, 0.29) is 11.8 Å². The molecular weight excluding hydrogens is 305 g/mol. The van der Waals surface area contributed by atoms with Crippen molar-refractivity contribution in [2.75, 3.05) is 18.4 Å². The standard InChI is InChI=1S/C17H23F3N2O/c1-12(2)15(16(23)22-10-4-3-5-11-22)21-14-8-6-13(7-9-14)17(18,19)20/h6-9,12,15,21H,3-5,10-11H2,1-2H3/t15-/m1/s1. The molecular formula is C17H23F3N2O. The molecule has 1 N–H and O–H groups in total. The van der Waals surface area contributed by atoms with Crippen molar-refractivity contribution < 1.29 is 18.0 Å². The third kappa shape index (κ3) is 4.62. The van der Waals surface area contributed by atoms with Gasteiger partial charge in [-0.15, -0.1) is 0 Å². The van der Waals surface area contributed by atoms with Gasteiger partial charge < -0.3 is 10.2 Å². The van der Waals surface area contributed by atoms with Crippen molar-refractivity contribution in [2.45, 2.75) is 45.3 Å². The number of hydrogen-bond acceptors (Lipinski definition) is 2. The summed E-state index contributed by atoms with van der Waals surface area (Å²) in [6.07, 6.45) is -1.18. The Morgan fingerprint density at radius 2 is 1.65 bits per heavy atom. The minimum Gasteiger partial charge on any atom is -0.373 e. The van der Waals surface area contributed by atoms with Crippen LogP contribution in [0.2, 0.25) is 0 Å². The van der Waals surface area contributed by atoms with Crippen LogP contribution in [-0.4, -0.2) is 29.9 Å². The first-order chi connectivity index (χ1) is 10.8. The molecule has 3 nitrogen and oxygen atoms in total. The number of halogens is 3. The molecule has 0 bridgehead atoms. The van der Waals surface area contributed by atoms with Crippen LogP contribution >= 0.6 is 0 Å². The van der Waals surface area contributed by atoms with Crippen LogP contribution < -0.4 is 5.32 Å². The molecule has 1 saturated heterocycles. The Hall–Kier alpha value is -1.72. The first-order valence-corrected chi connectivity index (χ1v) is 8.01. The van der Waals surface area contributed by atoms with Gasteiger partial charge in [0, 0.05) is 18.8 Å². The fourth-order valence-electron chi connectivity index (χ4n) is 2.76. The average molecular weight is 328 g/mol. The highest BCUT2D eigenvalue weighted by atomic mass is 19.4. The van der Waals surface area contributed by atoms with E-state index in [2.05, 4.69) is 5.32 Å². The Balaban J connectivity index is 2.08. The lowest BCUT2D eigenvalue weighted by molar-refractivity contribution is -0.137. The van der Waals surface area contributed by atoms with Crippen molar-refractivity contribution in [3.05, 3.63) is 29.8 Å². The number of amides is 1. The molecule has 23 heavy (non-hydrogen) atoms. The molecule has 128 valence electrons. The lowest BCUT2D eigenvalue weighted by Crippen LogP contribution is -2.47. The van der Waals surface area contributed by atoms with Crippen LogP contribution in [0.5, 0.6) is 0 Å². The Bertz CT molecular complexity index is 520. The van der Waals surface area contributed by atoms with Gasteiger partial charge in [0.05, 0.1) is 5.56 Å². The van der Waals surface area contributed by atoms with E-state index in [0.29, 0.717) is 5.69 Å². The molecule has 1 atom stereocenters. The first-order valence-electron chi connectivity index (χ1n) is 8.01. The molecule has 0 radical (unpaired) electrons. The monoisotopic (exact) mass is 328 g/mol. The van der Waals surface area contributed by atoms with Gasteiger partial charge in [-0.3, -0.25) is 4.79 Å². The molecule has 1 aromatic rings. The minimum atomic E-state index is -4.35. The zero-order valence-corrected chi connectivity index (χ0v) is 13.5. The van der Waals surface area contributed by atoms with Crippen molar-refractivity contribution in [2.24, 2.45) is 5.92 Å². The molecule has 6 heteroatoms. The summed E-state index contributed by atoms with van der Waals surface area (Å²) in [7, 11) is 0. The number of rotatable bonds is 4. The Kier molecular flexibility index (Phi) is 5.55. The van der Waals surface area contributed by atoms with E-state index in [1.165, 1.54) is 12.1 Å². The smallest absolute Gasteiger partial charge is 0.373 e. The Morgan fingerprint density at radius 3 is 2.13 bits per heavy atom. The second-order valence-corrected chi connectivity index (χ2v) is 6.33. The normalized spacial score (nSPS) is 17.2. The maximum absolute atomic E-state index is 12.7. The van der Waals surface area contributed by atoms with Crippen LogP contribution in [0, 0.1) is 5.92 Å². The molecule has 1 aliphatic rings. The molecule has 0 saturated carbocycles. The number of nitrogens with zero attached hydrogens (tertiary/aromatic N) is 1. The Morgan fingerprint density at radius 1 is 1.09 bits per heavy atom. The van der Waals surface area contributed by atoms with E-state index < -0.39 is 17.8 Å². The molecule has 1 aliphatic heterocycles. The van der Waals surface area contributed by atoms with Crippen LogP contribution in [0.1, 0.15) is 38.7 Å². The number of nitrogens with one attached hydrogen (secondary N) is 1. The summed E-state index contributed by atoms with van der Waals surface area (Å²) >= 11 is 0. The van der Waals surface area contributed by atoms with E-state index in [9.17, 15) is 18.0 Å². The number of benzene rings is 1. The van der Waals surface area contributed by atoms with Gasteiger partial charge in [-0.25, -0.2) is 0 Å². The fraction of sp³-hybridized carbons (Fsp3) is 0.588. The summed E-state index contributed by atoms with van der Waals surface area (Å²) in [5.74, 6) is 0.0753. The minimum absolute atomic E-state index is 0.0274. The van der Waals surface area contributed by atoms with Crippen molar-refractivity contribution >= 4 is 11.6 Å². The number of likely N-dealkylation sites (tertiary alicyclic amines) is 1. The van der Waals surface area contributed by atoms with Gasteiger partial charge in [-0.1, -0.05) is 13.8 Å². The summed E-state index contributed by atoms with van der Waals surface area (Å²) in [5.41, 5.74) is -0.159. The highest BCUT2D eigenvalue weighted by Gasteiger charge is 2.31. The third-order valence-electron chi connectivity index (χ3n) is 4.13. The molecule has 0 aromatic heterocycles. The summed E-state index contributed by atoms with van der Waals surface area (Å²) in [4.78, 5) is 14.5. The van der Waals surface area contributed by atoms with Crippen molar-refractivity contribution in [3.63, 3.8) is 0 Å². The van der Waals surface area contributed by atoms with Crippen molar-refractivity contribution in [1.29, 1.82) is 0 Å². The maximum atomic E-state index is 12.7. The highest BCUT2D eigenvalue weighted by Crippen LogP contribution is 2.30. The molecule has 0 unspecified atom stereocenters. The lowest BCUT2D eigenvalue weighted by atomic mass is 10.0. The van der Waals surface area contributed by atoms with Crippen LogP contribution in [-0.2, 0) is 11.0 Å². The largest absolute Gasteiger partial charge is 0.416 e. The molecule has 0 aliphatic carbocycles. The van der Waals surface area contributed by atoms with Gasteiger partial charge >= 0.3 is 6.18 Å². The number of alkyl halides is 3. The van der Waals surface area contributed by atoms with Gasteiger partial charge in [-0.05, 0) is 49.4 Å². The van der Waals surface area contributed by atoms with Crippen molar-refractivity contribution in [3.8, 4) is 0 Å². The van der Waals surface area contributed by atoms with E-state index >= 15 is 0 Å². The summed E-state index contributed by atoms with van der Waals surface area (Å²) in [6.45, 7) is 5.39. The SMILES string of the molecule is CC(C)[C@@H](Nc1ccc(C(F)(F)F)cc1)C(=O)N1CCCCC1. The summed E-state index contributed by atoms with van der Waals surface area (Å²) < 4.78 is 37.8. The topological polar surface area (TPSA) is 32.3 Å². The molecule has 1 aromatic carbocycles. The van der Waals surface area contributed by atoms with Crippen molar-refractivity contribution in [1.82, 2.24) is 4.90 Å². The third-order valence-corrected chi connectivity index (χ3v) is 4.13.